The molecule has 0 aliphatic carbocycles. The predicted octanol–water partition coefficient (Wildman–Crippen LogP) is 2.36. The number of imidazole rings is 1. The van der Waals surface area contributed by atoms with Crippen molar-refractivity contribution in [3.8, 4) is 11.4 Å². The monoisotopic (exact) mass is 395 g/mol. The van der Waals surface area contributed by atoms with Gasteiger partial charge in [0, 0.05) is 12.2 Å². The van der Waals surface area contributed by atoms with E-state index in [4.69, 9.17) is 10.5 Å². The molecule has 152 valence electrons. The number of nitrogens with zero attached hydrogens (tertiary/aromatic N) is 3. The van der Waals surface area contributed by atoms with Gasteiger partial charge in [-0.15, -0.1) is 0 Å². The van der Waals surface area contributed by atoms with E-state index < -0.39 is 5.91 Å². The number of rotatable bonds is 4. The fourth-order valence-electron chi connectivity index (χ4n) is 3.62. The number of ether oxygens (including phenoxy) is 1. The van der Waals surface area contributed by atoms with Crippen LogP contribution in [0, 0.1) is 0 Å². The van der Waals surface area contributed by atoms with Gasteiger partial charge in [0.1, 0.15) is 5.52 Å². The molecule has 0 unspecified atom stereocenters. The van der Waals surface area contributed by atoms with Gasteiger partial charge in [0.2, 0.25) is 0 Å². The topological polar surface area (TPSA) is 116 Å². The number of aromatic amines is 1. The number of benzene rings is 1. The van der Waals surface area contributed by atoms with Crippen molar-refractivity contribution < 1.29 is 9.53 Å². The summed E-state index contributed by atoms with van der Waals surface area (Å²) in [5, 5.41) is 0. The Morgan fingerprint density at radius 2 is 2.00 bits per heavy atom. The summed E-state index contributed by atoms with van der Waals surface area (Å²) in [4.78, 5) is 36.2. The molecule has 1 aliphatic rings. The lowest BCUT2D eigenvalue weighted by molar-refractivity contribution is 0.0970. The van der Waals surface area contributed by atoms with Crippen LogP contribution in [0.4, 0.5) is 0 Å². The van der Waals surface area contributed by atoms with Gasteiger partial charge < -0.3 is 15.5 Å². The molecule has 4 rings (SSSR count). The smallest absolute Gasteiger partial charge is 0.327 e. The Morgan fingerprint density at radius 3 is 2.59 bits per heavy atom. The molecule has 29 heavy (non-hydrogen) atoms. The second-order valence-corrected chi connectivity index (χ2v) is 8.46. The molecule has 1 aromatic carbocycles. The minimum absolute atomic E-state index is 0.00749. The summed E-state index contributed by atoms with van der Waals surface area (Å²) < 4.78 is 7.17. The van der Waals surface area contributed by atoms with Crippen LogP contribution in [-0.4, -0.2) is 38.1 Å². The minimum Gasteiger partial charge on any atom is -0.376 e. The lowest BCUT2D eigenvalue weighted by Crippen LogP contribution is -2.24. The Bertz CT molecular complexity index is 1120. The average molecular weight is 395 g/mol. The lowest BCUT2D eigenvalue weighted by atomic mass is 9.87. The van der Waals surface area contributed by atoms with Crippen LogP contribution in [0.1, 0.15) is 49.7 Å². The van der Waals surface area contributed by atoms with Gasteiger partial charge in [-0.2, -0.15) is 0 Å². The number of hydrogen-bond donors (Lipinski definition) is 2. The zero-order valence-electron chi connectivity index (χ0n) is 16.9. The fourth-order valence-corrected chi connectivity index (χ4v) is 3.62. The van der Waals surface area contributed by atoms with Crippen molar-refractivity contribution in [2.45, 2.75) is 51.7 Å². The van der Waals surface area contributed by atoms with Gasteiger partial charge >= 0.3 is 5.69 Å². The van der Waals surface area contributed by atoms with Crippen LogP contribution in [0.25, 0.3) is 22.6 Å². The van der Waals surface area contributed by atoms with Crippen LogP contribution >= 0.6 is 0 Å². The van der Waals surface area contributed by atoms with Crippen LogP contribution in [0.2, 0.25) is 0 Å². The van der Waals surface area contributed by atoms with E-state index in [-0.39, 0.29) is 28.4 Å². The number of hydrogen-bond acceptors (Lipinski definition) is 5. The maximum absolute atomic E-state index is 12.5. The summed E-state index contributed by atoms with van der Waals surface area (Å²) in [5.41, 5.74) is 7.77. The van der Waals surface area contributed by atoms with Crippen LogP contribution in [0.3, 0.4) is 0 Å². The normalized spacial score (nSPS) is 17.1. The number of nitrogens with two attached hydrogens (primary N) is 1. The SMILES string of the molecule is CC(C)(C)c1ccc(-c2nc(C(N)=O)c3[nH]c(=O)n(C[C@H]4CCCO4)c3n2)cc1. The number of nitrogens with one attached hydrogen (secondary N) is 1. The molecule has 3 heterocycles. The number of carbonyl (C=O) groups is 1. The van der Waals surface area contributed by atoms with Crippen LogP contribution < -0.4 is 11.4 Å². The Kier molecular flexibility index (Phi) is 4.74. The van der Waals surface area contributed by atoms with Crippen LogP contribution in [-0.2, 0) is 16.7 Å². The first kappa shape index (κ1) is 19.3. The first-order valence-corrected chi connectivity index (χ1v) is 9.77. The highest BCUT2D eigenvalue weighted by Gasteiger charge is 2.23. The number of aromatic nitrogens is 4. The van der Waals surface area contributed by atoms with Gasteiger partial charge in [0.15, 0.2) is 17.2 Å². The lowest BCUT2D eigenvalue weighted by Gasteiger charge is -2.19. The van der Waals surface area contributed by atoms with E-state index in [0.717, 1.165) is 18.4 Å². The van der Waals surface area contributed by atoms with E-state index in [2.05, 4.69) is 35.7 Å². The van der Waals surface area contributed by atoms with Crippen molar-refractivity contribution in [3.05, 3.63) is 46.0 Å². The second-order valence-electron chi connectivity index (χ2n) is 8.46. The second kappa shape index (κ2) is 7.11. The highest BCUT2D eigenvalue weighted by atomic mass is 16.5. The molecule has 0 saturated carbocycles. The van der Waals surface area contributed by atoms with Gasteiger partial charge in [0.05, 0.1) is 12.6 Å². The van der Waals surface area contributed by atoms with Gasteiger partial charge in [-0.1, -0.05) is 45.0 Å². The summed E-state index contributed by atoms with van der Waals surface area (Å²) in [6, 6.07) is 7.87. The number of primary amides is 1. The molecule has 3 N–H and O–H groups in total. The third-order valence-corrected chi connectivity index (χ3v) is 5.28. The van der Waals surface area contributed by atoms with Gasteiger partial charge in [-0.3, -0.25) is 9.36 Å². The van der Waals surface area contributed by atoms with Crippen molar-refractivity contribution >= 4 is 17.1 Å². The van der Waals surface area contributed by atoms with Crippen LogP contribution in [0.5, 0.6) is 0 Å². The number of amides is 1. The van der Waals surface area contributed by atoms with Crippen molar-refractivity contribution in [1.29, 1.82) is 0 Å². The summed E-state index contributed by atoms with van der Waals surface area (Å²) >= 11 is 0. The summed E-state index contributed by atoms with van der Waals surface area (Å²) in [5.74, 6) is -0.359. The van der Waals surface area contributed by atoms with E-state index in [0.29, 0.717) is 24.6 Å². The zero-order valence-corrected chi connectivity index (χ0v) is 16.9. The van der Waals surface area contributed by atoms with Crippen molar-refractivity contribution in [1.82, 2.24) is 19.5 Å². The zero-order chi connectivity index (χ0) is 20.8. The molecule has 8 nitrogen and oxygen atoms in total. The third-order valence-electron chi connectivity index (χ3n) is 5.28. The molecule has 2 aromatic heterocycles. The number of carbonyl (C=O) groups excluding carboxylic acids is 1. The quantitative estimate of drug-likeness (QED) is 0.703. The van der Waals surface area contributed by atoms with E-state index in [1.54, 1.807) is 0 Å². The molecule has 0 radical (unpaired) electrons. The molecular weight excluding hydrogens is 370 g/mol. The van der Waals surface area contributed by atoms with Crippen LogP contribution in [0.15, 0.2) is 29.1 Å². The standard InChI is InChI=1S/C21H25N5O3/c1-21(2,3)13-8-6-12(7-9-13)18-23-15(17(22)27)16-19(25-18)26(20(28)24-16)11-14-5-4-10-29-14/h6-9,14H,4-5,10-11H2,1-3H3,(H2,22,27)(H,24,28)/t14-/m1/s1. The summed E-state index contributed by atoms with van der Waals surface area (Å²) in [6.07, 6.45) is 1.80. The van der Waals surface area contributed by atoms with Crippen molar-refractivity contribution in [2.75, 3.05) is 6.61 Å². The Hall–Kier alpha value is -3.00. The first-order valence-electron chi connectivity index (χ1n) is 9.77. The van der Waals surface area contributed by atoms with E-state index in [9.17, 15) is 9.59 Å². The molecule has 0 spiro atoms. The molecule has 0 bridgehead atoms. The fraction of sp³-hybridized carbons (Fsp3) is 0.429. The van der Waals surface area contributed by atoms with E-state index in [1.807, 2.05) is 24.3 Å². The molecule has 1 fully saturated rings. The van der Waals surface area contributed by atoms with E-state index >= 15 is 0 Å². The minimum atomic E-state index is -0.713. The highest BCUT2D eigenvalue weighted by molar-refractivity contribution is 6.01. The van der Waals surface area contributed by atoms with Crippen molar-refractivity contribution in [2.24, 2.45) is 5.73 Å². The first-order chi connectivity index (χ1) is 13.7. The van der Waals surface area contributed by atoms with Gasteiger partial charge in [0.25, 0.3) is 5.91 Å². The maximum Gasteiger partial charge on any atom is 0.327 e. The highest BCUT2D eigenvalue weighted by Crippen LogP contribution is 2.26. The molecular formula is C21H25N5O3. The molecule has 8 heteroatoms. The molecule has 1 atom stereocenters. The summed E-state index contributed by atoms with van der Waals surface area (Å²) in [7, 11) is 0. The predicted molar refractivity (Wildman–Crippen MR) is 110 cm³/mol. The Labute approximate surface area is 168 Å². The molecule has 1 saturated heterocycles. The van der Waals surface area contributed by atoms with Crippen molar-refractivity contribution in [3.63, 3.8) is 0 Å². The molecule has 3 aromatic rings. The average Bonchev–Trinajstić information content (AvgIpc) is 3.29. The Balaban J connectivity index is 1.84. The Morgan fingerprint density at radius 1 is 1.28 bits per heavy atom. The molecule has 1 amide bonds. The number of fused-ring (bicyclic) bond motifs is 1. The van der Waals surface area contributed by atoms with Gasteiger partial charge in [-0.25, -0.2) is 14.8 Å². The third kappa shape index (κ3) is 3.67. The summed E-state index contributed by atoms with van der Waals surface area (Å²) in [6.45, 7) is 7.48. The van der Waals surface area contributed by atoms with Gasteiger partial charge in [-0.05, 0) is 23.8 Å². The largest absolute Gasteiger partial charge is 0.376 e. The molecule has 1 aliphatic heterocycles. The number of H-pyrrole nitrogens is 1. The van der Waals surface area contributed by atoms with E-state index in [1.165, 1.54) is 10.1 Å². The maximum atomic E-state index is 12.5.